The third kappa shape index (κ3) is 4.19. The van der Waals surface area contributed by atoms with Crippen LogP contribution in [-0.2, 0) is 0 Å². The second kappa shape index (κ2) is 8.01. The standard InChI is InChI=1S/C17H21ClN2O/c1-3-11-21-16-8-6-5-7-14(16)17(19-4-2)15-10-9-13(18)12-20-15/h5-10,12,17,19H,3-4,11H2,1-2H3. The number of rotatable bonds is 7. The Hall–Kier alpha value is -1.58. The Kier molecular flexibility index (Phi) is 6.03. The average Bonchev–Trinajstić information content (AvgIpc) is 2.52. The van der Waals surface area contributed by atoms with Crippen molar-refractivity contribution in [2.75, 3.05) is 13.2 Å². The highest BCUT2D eigenvalue weighted by molar-refractivity contribution is 6.30. The first-order chi connectivity index (χ1) is 10.3. The molecule has 0 aliphatic carbocycles. The van der Waals surface area contributed by atoms with Crippen LogP contribution in [0.15, 0.2) is 42.6 Å². The monoisotopic (exact) mass is 304 g/mol. The zero-order chi connectivity index (χ0) is 15.1. The summed E-state index contributed by atoms with van der Waals surface area (Å²) < 4.78 is 5.86. The Labute approximate surface area is 131 Å². The topological polar surface area (TPSA) is 34.1 Å². The van der Waals surface area contributed by atoms with Gasteiger partial charge in [0.05, 0.1) is 23.4 Å². The van der Waals surface area contributed by atoms with Gasteiger partial charge in [0.2, 0.25) is 0 Å². The molecule has 0 saturated carbocycles. The highest BCUT2D eigenvalue weighted by Gasteiger charge is 2.18. The van der Waals surface area contributed by atoms with E-state index in [-0.39, 0.29) is 6.04 Å². The number of nitrogens with one attached hydrogen (secondary N) is 1. The summed E-state index contributed by atoms with van der Waals surface area (Å²) in [5.41, 5.74) is 2.04. The van der Waals surface area contributed by atoms with Gasteiger partial charge in [-0.25, -0.2) is 0 Å². The maximum Gasteiger partial charge on any atom is 0.124 e. The van der Waals surface area contributed by atoms with Crippen molar-refractivity contribution in [2.45, 2.75) is 26.3 Å². The molecule has 21 heavy (non-hydrogen) atoms. The Morgan fingerprint density at radius 1 is 1.19 bits per heavy atom. The maximum atomic E-state index is 5.93. The first kappa shape index (κ1) is 15.8. The van der Waals surface area contributed by atoms with Gasteiger partial charge in [0.25, 0.3) is 0 Å². The number of para-hydroxylation sites is 1. The SMILES string of the molecule is CCCOc1ccccc1C(NCC)c1ccc(Cl)cn1. The molecule has 1 unspecified atom stereocenters. The lowest BCUT2D eigenvalue weighted by Gasteiger charge is -2.21. The Morgan fingerprint density at radius 2 is 2.00 bits per heavy atom. The maximum absolute atomic E-state index is 5.93. The smallest absolute Gasteiger partial charge is 0.124 e. The van der Waals surface area contributed by atoms with Gasteiger partial charge in [-0.2, -0.15) is 0 Å². The van der Waals surface area contributed by atoms with Gasteiger partial charge in [-0.1, -0.05) is 43.6 Å². The van der Waals surface area contributed by atoms with Crippen LogP contribution < -0.4 is 10.1 Å². The van der Waals surface area contributed by atoms with E-state index in [1.54, 1.807) is 6.20 Å². The molecule has 112 valence electrons. The van der Waals surface area contributed by atoms with Crippen LogP contribution >= 0.6 is 11.6 Å². The fourth-order valence-corrected chi connectivity index (χ4v) is 2.31. The highest BCUT2D eigenvalue weighted by Crippen LogP contribution is 2.29. The fourth-order valence-electron chi connectivity index (χ4n) is 2.20. The largest absolute Gasteiger partial charge is 0.493 e. The second-order valence-corrected chi connectivity index (χ2v) is 5.21. The van der Waals surface area contributed by atoms with Crippen molar-refractivity contribution in [3.8, 4) is 5.75 Å². The summed E-state index contributed by atoms with van der Waals surface area (Å²) in [4.78, 5) is 4.44. The van der Waals surface area contributed by atoms with Gasteiger partial charge in [0, 0.05) is 11.8 Å². The molecule has 3 nitrogen and oxygen atoms in total. The Bertz CT molecular complexity index is 557. The number of pyridine rings is 1. The summed E-state index contributed by atoms with van der Waals surface area (Å²) in [6.07, 6.45) is 2.66. The summed E-state index contributed by atoms with van der Waals surface area (Å²) in [5.74, 6) is 0.905. The molecular formula is C17H21ClN2O. The van der Waals surface area contributed by atoms with E-state index in [2.05, 4.69) is 30.2 Å². The highest BCUT2D eigenvalue weighted by atomic mass is 35.5. The van der Waals surface area contributed by atoms with E-state index in [9.17, 15) is 0 Å². The van der Waals surface area contributed by atoms with E-state index >= 15 is 0 Å². The van der Waals surface area contributed by atoms with E-state index in [1.807, 2.05) is 30.3 Å². The van der Waals surface area contributed by atoms with Crippen LogP contribution in [0.2, 0.25) is 5.02 Å². The molecule has 1 aromatic heterocycles. The number of benzene rings is 1. The minimum atomic E-state index is 0.000299. The zero-order valence-corrected chi connectivity index (χ0v) is 13.2. The number of halogens is 1. The molecule has 1 aromatic carbocycles. The van der Waals surface area contributed by atoms with Crippen LogP contribution in [0.4, 0.5) is 0 Å². The number of nitrogens with zero attached hydrogens (tertiary/aromatic N) is 1. The first-order valence-corrected chi connectivity index (χ1v) is 7.70. The van der Waals surface area contributed by atoms with Crippen molar-refractivity contribution in [1.82, 2.24) is 10.3 Å². The molecular weight excluding hydrogens is 284 g/mol. The van der Waals surface area contributed by atoms with Crippen LogP contribution in [0.25, 0.3) is 0 Å². The van der Waals surface area contributed by atoms with E-state index in [0.717, 1.165) is 30.0 Å². The second-order valence-electron chi connectivity index (χ2n) is 4.78. The fraction of sp³-hybridized carbons (Fsp3) is 0.353. The number of hydrogen-bond donors (Lipinski definition) is 1. The minimum absolute atomic E-state index is 0.000299. The van der Waals surface area contributed by atoms with Gasteiger partial charge >= 0.3 is 0 Å². The van der Waals surface area contributed by atoms with Crippen molar-refractivity contribution in [2.24, 2.45) is 0 Å². The average molecular weight is 305 g/mol. The third-order valence-corrected chi connectivity index (χ3v) is 3.37. The first-order valence-electron chi connectivity index (χ1n) is 7.32. The molecule has 0 aliphatic heterocycles. The molecule has 0 amide bonds. The van der Waals surface area contributed by atoms with Crippen molar-refractivity contribution in [3.05, 3.63) is 58.9 Å². The lowest BCUT2D eigenvalue weighted by Crippen LogP contribution is -2.23. The van der Waals surface area contributed by atoms with Gasteiger partial charge < -0.3 is 10.1 Å². The lowest BCUT2D eigenvalue weighted by molar-refractivity contribution is 0.311. The number of aromatic nitrogens is 1. The van der Waals surface area contributed by atoms with Crippen molar-refractivity contribution in [3.63, 3.8) is 0 Å². The van der Waals surface area contributed by atoms with Crippen LogP contribution in [0.1, 0.15) is 37.6 Å². The normalized spacial score (nSPS) is 12.1. The Morgan fingerprint density at radius 3 is 2.67 bits per heavy atom. The molecule has 2 rings (SSSR count). The predicted octanol–water partition coefficient (Wildman–Crippen LogP) is 4.22. The van der Waals surface area contributed by atoms with E-state index in [4.69, 9.17) is 16.3 Å². The molecule has 1 N–H and O–H groups in total. The summed E-state index contributed by atoms with van der Waals surface area (Å²) >= 11 is 5.93. The van der Waals surface area contributed by atoms with Crippen molar-refractivity contribution < 1.29 is 4.74 Å². The van der Waals surface area contributed by atoms with E-state index in [1.165, 1.54) is 0 Å². The van der Waals surface area contributed by atoms with Crippen LogP contribution in [0.5, 0.6) is 5.75 Å². The van der Waals surface area contributed by atoms with Gasteiger partial charge in [-0.15, -0.1) is 0 Å². The van der Waals surface area contributed by atoms with Gasteiger partial charge in [0.15, 0.2) is 0 Å². The molecule has 0 bridgehead atoms. The van der Waals surface area contributed by atoms with Gasteiger partial charge in [-0.3, -0.25) is 4.98 Å². The molecule has 0 radical (unpaired) electrons. The summed E-state index contributed by atoms with van der Waals surface area (Å²) in [7, 11) is 0. The van der Waals surface area contributed by atoms with Crippen molar-refractivity contribution >= 4 is 11.6 Å². The molecule has 4 heteroatoms. The van der Waals surface area contributed by atoms with Crippen LogP contribution in [0.3, 0.4) is 0 Å². The van der Waals surface area contributed by atoms with Gasteiger partial charge in [0.1, 0.15) is 5.75 Å². The summed E-state index contributed by atoms with van der Waals surface area (Å²) in [5, 5.41) is 4.11. The lowest BCUT2D eigenvalue weighted by atomic mass is 10.0. The molecule has 0 fully saturated rings. The quantitative estimate of drug-likeness (QED) is 0.831. The third-order valence-electron chi connectivity index (χ3n) is 3.15. The van der Waals surface area contributed by atoms with E-state index in [0.29, 0.717) is 11.6 Å². The minimum Gasteiger partial charge on any atom is -0.493 e. The summed E-state index contributed by atoms with van der Waals surface area (Å²) in [6.45, 7) is 5.74. The van der Waals surface area contributed by atoms with Crippen LogP contribution in [0, 0.1) is 0 Å². The predicted molar refractivity (Wildman–Crippen MR) is 87.0 cm³/mol. The molecule has 0 aliphatic rings. The molecule has 0 saturated heterocycles. The van der Waals surface area contributed by atoms with Crippen molar-refractivity contribution in [1.29, 1.82) is 0 Å². The van der Waals surface area contributed by atoms with Gasteiger partial charge in [-0.05, 0) is 31.2 Å². The molecule has 1 heterocycles. The molecule has 0 spiro atoms. The summed E-state index contributed by atoms with van der Waals surface area (Å²) in [6, 6.07) is 11.9. The zero-order valence-electron chi connectivity index (χ0n) is 12.5. The number of ether oxygens (including phenoxy) is 1. The van der Waals surface area contributed by atoms with E-state index < -0.39 is 0 Å². The number of hydrogen-bond acceptors (Lipinski definition) is 3. The van der Waals surface area contributed by atoms with Crippen LogP contribution in [-0.4, -0.2) is 18.1 Å². The molecule has 1 atom stereocenters. The Balaban J connectivity index is 2.35. The molecule has 2 aromatic rings.